The van der Waals surface area contributed by atoms with E-state index >= 15 is 0 Å². The molecule has 1 fully saturated rings. The van der Waals surface area contributed by atoms with Crippen molar-refractivity contribution in [1.29, 1.82) is 0 Å². The number of halogens is 1. The highest BCUT2D eigenvalue weighted by atomic mass is 79.9. The van der Waals surface area contributed by atoms with Gasteiger partial charge in [0.2, 0.25) is 0 Å². The van der Waals surface area contributed by atoms with Crippen molar-refractivity contribution in [1.82, 2.24) is 5.32 Å². The van der Waals surface area contributed by atoms with E-state index in [1.165, 1.54) is 27.6 Å². The highest BCUT2D eigenvalue weighted by molar-refractivity contribution is 9.10. The molecule has 1 saturated carbocycles. The second kappa shape index (κ2) is 6.29. The lowest BCUT2D eigenvalue weighted by Crippen LogP contribution is -2.27. The molecule has 21 heavy (non-hydrogen) atoms. The summed E-state index contributed by atoms with van der Waals surface area (Å²) in [6.07, 6.45) is 2.43. The maximum Gasteiger partial charge on any atom is 0.126 e. The van der Waals surface area contributed by atoms with Crippen LogP contribution in [0.4, 0.5) is 0 Å². The number of nitrogens with one attached hydrogen (secondary N) is 1. The molecule has 0 radical (unpaired) electrons. The number of rotatable bonds is 6. The maximum atomic E-state index is 5.76. The highest BCUT2D eigenvalue weighted by Crippen LogP contribution is 2.59. The van der Waals surface area contributed by atoms with Crippen LogP contribution in [0, 0.1) is 25.2 Å². The number of hydrogen-bond acceptors (Lipinski definition) is 2. The SMILES string of the molecule is CCCNC(c1c(C)c(Br)cc(C)c1OC)C1CC1(C)C. The Hall–Kier alpha value is -0.540. The molecular weight excluding hydrogens is 326 g/mol. The van der Waals surface area contributed by atoms with Gasteiger partial charge in [0.05, 0.1) is 7.11 Å². The van der Waals surface area contributed by atoms with Crippen molar-refractivity contribution >= 4 is 15.9 Å². The van der Waals surface area contributed by atoms with Crippen LogP contribution >= 0.6 is 15.9 Å². The maximum absolute atomic E-state index is 5.76. The summed E-state index contributed by atoms with van der Waals surface area (Å²) in [4.78, 5) is 0. The number of aryl methyl sites for hydroxylation is 1. The highest BCUT2D eigenvalue weighted by Gasteiger charge is 2.51. The van der Waals surface area contributed by atoms with E-state index in [0.717, 1.165) is 18.7 Å². The average Bonchev–Trinajstić information content (AvgIpc) is 3.04. The van der Waals surface area contributed by atoms with Gasteiger partial charge in [-0.25, -0.2) is 0 Å². The molecule has 2 atom stereocenters. The molecular formula is C18H28BrNO. The number of benzene rings is 1. The summed E-state index contributed by atoms with van der Waals surface area (Å²) in [5.74, 6) is 1.73. The standard InChI is InChI=1S/C18H28BrNO/c1-7-8-20-16(13-10-18(13,4)5)15-12(3)14(19)9-11(2)17(15)21-6/h9,13,16,20H,7-8,10H2,1-6H3. The summed E-state index contributed by atoms with van der Waals surface area (Å²) >= 11 is 3.71. The van der Waals surface area contributed by atoms with E-state index in [1.807, 2.05) is 0 Å². The van der Waals surface area contributed by atoms with Crippen LogP contribution in [-0.2, 0) is 0 Å². The Bertz CT molecular complexity index is 524. The molecule has 0 aromatic heterocycles. The number of methoxy groups -OCH3 is 1. The second-order valence-corrected chi connectivity index (χ2v) is 7.83. The van der Waals surface area contributed by atoms with E-state index in [-0.39, 0.29) is 0 Å². The van der Waals surface area contributed by atoms with Gasteiger partial charge >= 0.3 is 0 Å². The van der Waals surface area contributed by atoms with Gasteiger partial charge in [0.1, 0.15) is 5.75 Å². The van der Waals surface area contributed by atoms with Gasteiger partial charge in [0.15, 0.2) is 0 Å². The minimum Gasteiger partial charge on any atom is -0.496 e. The first-order valence-electron chi connectivity index (χ1n) is 7.90. The lowest BCUT2D eigenvalue weighted by molar-refractivity contribution is 0.371. The Morgan fingerprint density at radius 1 is 1.43 bits per heavy atom. The third-order valence-corrected chi connectivity index (χ3v) is 5.65. The molecule has 1 aromatic rings. The largest absolute Gasteiger partial charge is 0.496 e. The first-order valence-corrected chi connectivity index (χ1v) is 8.69. The van der Waals surface area contributed by atoms with Gasteiger partial charge in [-0.2, -0.15) is 0 Å². The summed E-state index contributed by atoms with van der Waals surface area (Å²) in [5, 5.41) is 3.77. The lowest BCUT2D eigenvalue weighted by atomic mass is 9.91. The fourth-order valence-corrected chi connectivity index (χ4v) is 3.90. The fraction of sp³-hybridized carbons (Fsp3) is 0.667. The molecule has 0 aliphatic heterocycles. The fourth-order valence-electron chi connectivity index (χ4n) is 3.34. The number of hydrogen-bond donors (Lipinski definition) is 1. The second-order valence-electron chi connectivity index (χ2n) is 6.98. The molecule has 0 spiro atoms. The topological polar surface area (TPSA) is 21.3 Å². The molecule has 118 valence electrons. The van der Waals surface area contributed by atoms with Crippen molar-refractivity contribution in [3.05, 3.63) is 27.2 Å². The van der Waals surface area contributed by atoms with E-state index in [0.29, 0.717) is 17.4 Å². The summed E-state index contributed by atoms with van der Waals surface area (Å²) in [6.45, 7) is 12.3. The Labute approximate surface area is 137 Å². The summed E-state index contributed by atoms with van der Waals surface area (Å²) in [7, 11) is 1.79. The zero-order chi connectivity index (χ0) is 15.8. The average molecular weight is 354 g/mol. The molecule has 1 N–H and O–H groups in total. The molecule has 3 heteroatoms. The molecule has 1 aliphatic carbocycles. The van der Waals surface area contributed by atoms with Gasteiger partial charge in [0, 0.05) is 16.1 Å². The zero-order valence-corrected chi connectivity index (χ0v) is 15.7. The first kappa shape index (κ1) is 16.8. The predicted molar refractivity (Wildman–Crippen MR) is 93.1 cm³/mol. The van der Waals surface area contributed by atoms with E-state index in [1.54, 1.807) is 7.11 Å². The molecule has 1 aromatic carbocycles. The lowest BCUT2D eigenvalue weighted by Gasteiger charge is -2.26. The van der Waals surface area contributed by atoms with E-state index in [2.05, 4.69) is 61.9 Å². The zero-order valence-electron chi connectivity index (χ0n) is 14.1. The third kappa shape index (κ3) is 3.29. The van der Waals surface area contributed by atoms with Crippen LogP contribution in [0.25, 0.3) is 0 Å². The van der Waals surface area contributed by atoms with Crippen LogP contribution in [0.3, 0.4) is 0 Å². The minimum absolute atomic E-state index is 0.381. The molecule has 2 unspecified atom stereocenters. The quantitative estimate of drug-likeness (QED) is 0.762. The molecule has 2 rings (SSSR count). The minimum atomic E-state index is 0.381. The van der Waals surface area contributed by atoms with Gasteiger partial charge in [-0.15, -0.1) is 0 Å². The summed E-state index contributed by atoms with van der Waals surface area (Å²) < 4.78 is 6.94. The van der Waals surface area contributed by atoms with E-state index < -0.39 is 0 Å². The van der Waals surface area contributed by atoms with Crippen molar-refractivity contribution in [2.24, 2.45) is 11.3 Å². The van der Waals surface area contributed by atoms with Crippen LogP contribution in [-0.4, -0.2) is 13.7 Å². The van der Waals surface area contributed by atoms with Gasteiger partial charge in [-0.1, -0.05) is 36.7 Å². The molecule has 0 amide bonds. The Morgan fingerprint density at radius 2 is 2.05 bits per heavy atom. The smallest absolute Gasteiger partial charge is 0.126 e. The van der Waals surface area contributed by atoms with Crippen LogP contribution < -0.4 is 10.1 Å². The van der Waals surface area contributed by atoms with Gasteiger partial charge in [-0.3, -0.25) is 0 Å². The summed E-state index contributed by atoms with van der Waals surface area (Å²) in [5.41, 5.74) is 4.27. The normalized spacial score (nSPS) is 21.2. The number of ether oxygens (including phenoxy) is 1. The Balaban J connectivity index is 2.48. The molecule has 0 saturated heterocycles. The van der Waals surface area contributed by atoms with Gasteiger partial charge in [0.25, 0.3) is 0 Å². The van der Waals surface area contributed by atoms with Crippen LogP contribution in [0.15, 0.2) is 10.5 Å². The van der Waals surface area contributed by atoms with Gasteiger partial charge < -0.3 is 10.1 Å². The van der Waals surface area contributed by atoms with E-state index in [4.69, 9.17) is 4.74 Å². The van der Waals surface area contributed by atoms with Crippen LogP contribution in [0.1, 0.15) is 56.3 Å². The van der Waals surface area contributed by atoms with Gasteiger partial charge in [-0.05, 0) is 61.8 Å². The van der Waals surface area contributed by atoms with Crippen LogP contribution in [0.5, 0.6) is 5.75 Å². The Morgan fingerprint density at radius 3 is 2.52 bits per heavy atom. The monoisotopic (exact) mass is 353 g/mol. The van der Waals surface area contributed by atoms with Crippen molar-refractivity contribution in [3.8, 4) is 5.75 Å². The van der Waals surface area contributed by atoms with Crippen molar-refractivity contribution in [2.45, 2.75) is 53.5 Å². The Kier molecular flexibility index (Phi) is 5.04. The predicted octanol–water partition coefficient (Wildman–Crippen LogP) is 5.16. The van der Waals surface area contributed by atoms with Crippen molar-refractivity contribution < 1.29 is 4.74 Å². The first-order chi connectivity index (χ1) is 9.83. The van der Waals surface area contributed by atoms with Crippen molar-refractivity contribution in [3.63, 3.8) is 0 Å². The van der Waals surface area contributed by atoms with Crippen molar-refractivity contribution in [2.75, 3.05) is 13.7 Å². The van der Waals surface area contributed by atoms with Crippen LogP contribution in [0.2, 0.25) is 0 Å². The molecule has 0 heterocycles. The molecule has 0 bridgehead atoms. The molecule has 2 nitrogen and oxygen atoms in total. The molecule has 1 aliphatic rings. The summed E-state index contributed by atoms with van der Waals surface area (Å²) in [6, 6.07) is 2.54. The van der Waals surface area contributed by atoms with E-state index in [9.17, 15) is 0 Å². The third-order valence-electron chi connectivity index (χ3n) is 4.83.